The molecule has 1 unspecified atom stereocenters. The number of hydrogen-bond acceptors (Lipinski definition) is 6. The van der Waals surface area contributed by atoms with Gasteiger partial charge in [-0.15, -0.1) is 0 Å². The number of nitrogens with one attached hydrogen (secondary N) is 1. The molecule has 6 nitrogen and oxygen atoms in total. The van der Waals surface area contributed by atoms with Gasteiger partial charge in [-0.2, -0.15) is 4.98 Å². The van der Waals surface area contributed by atoms with Crippen molar-refractivity contribution in [2.75, 3.05) is 52.2 Å². The Hall–Kier alpha value is -1.40. The van der Waals surface area contributed by atoms with Crippen molar-refractivity contribution in [3.05, 3.63) is 11.8 Å². The maximum Gasteiger partial charge on any atom is 0.226 e. The van der Waals surface area contributed by atoms with Crippen LogP contribution >= 0.6 is 0 Å². The van der Waals surface area contributed by atoms with Crippen molar-refractivity contribution in [1.29, 1.82) is 0 Å². The van der Waals surface area contributed by atoms with E-state index in [0.717, 1.165) is 38.3 Å². The highest BCUT2D eigenvalue weighted by Gasteiger charge is 2.22. The van der Waals surface area contributed by atoms with Crippen LogP contribution in [0, 0.1) is 6.92 Å². The first-order valence-electron chi connectivity index (χ1n) is 7.69. The highest BCUT2D eigenvalue weighted by molar-refractivity contribution is 5.30. The fourth-order valence-corrected chi connectivity index (χ4v) is 2.43. The van der Waals surface area contributed by atoms with E-state index in [4.69, 9.17) is 4.74 Å². The number of ether oxygens (including phenoxy) is 1. The van der Waals surface area contributed by atoms with Crippen LogP contribution in [0.3, 0.4) is 0 Å². The molecule has 1 N–H and O–H groups in total. The van der Waals surface area contributed by atoms with Crippen molar-refractivity contribution in [3.8, 4) is 5.88 Å². The molecule has 6 heteroatoms. The minimum atomic E-state index is 0.480. The third kappa shape index (κ3) is 4.82. The van der Waals surface area contributed by atoms with E-state index in [1.165, 1.54) is 0 Å². The smallest absolute Gasteiger partial charge is 0.226 e. The maximum atomic E-state index is 5.60. The first-order chi connectivity index (χ1) is 10.1. The number of likely N-dealkylation sites (N-methyl/N-ethyl adjacent to an activating group) is 2. The van der Waals surface area contributed by atoms with Gasteiger partial charge in [0.15, 0.2) is 0 Å². The first kappa shape index (κ1) is 16.0. The summed E-state index contributed by atoms with van der Waals surface area (Å²) in [5, 5.41) is 3.35. The van der Waals surface area contributed by atoms with Crippen molar-refractivity contribution >= 4 is 5.95 Å². The molecule has 118 valence electrons. The van der Waals surface area contributed by atoms with Crippen LogP contribution in [-0.4, -0.2) is 72.7 Å². The lowest BCUT2D eigenvalue weighted by Crippen LogP contribution is -2.52. The molecule has 1 aliphatic rings. The Morgan fingerprint density at radius 2 is 2.14 bits per heavy atom. The van der Waals surface area contributed by atoms with E-state index in [1.54, 1.807) is 0 Å². The molecule has 1 fully saturated rings. The topological polar surface area (TPSA) is 53.5 Å². The van der Waals surface area contributed by atoms with Crippen LogP contribution in [-0.2, 0) is 0 Å². The third-order valence-corrected chi connectivity index (χ3v) is 3.76. The summed E-state index contributed by atoms with van der Waals surface area (Å²) in [6.07, 6.45) is 0.977. The zero-order valence-corrected chi connectivity index (χ0v) is 13.6. The lowest BCUT2D eigenvalue weighted by molar-refractivity contribution is 0.121. The molecule has 21 heavy (non-hydrogen) atoms. The van der Waals surface area contributed by atoms with E-state index < -0.39 is 0 Å². The van der Waals surface area contributed by atoms with Crippen LogP contribution in [0.5, 0.6) is 5.88 Å². The van der Waals surface area contributed by atoms with Crippen LogP contribution in [0.4, 0.5) is 5.95 Å². The summed E-state index contributed by atoms with van der Waals surface area (Å²) in [5.41, 5.74) is 0.924. The van der Waals surface area contributed by atoms with E-state index in [1.807, 2.05) is 13.0 Å². The maximum absolute atomic E-state index is 5.60. The average Bonchev–Trinajstić information content (AvgIpc) is 2.45. The van der Waals surface area contributed by atoms with Gasteiger partial charge >= 0.3 is 0 Å². The SMILES string of the molecule is CCCOc1cc(C)nc(NCC2CN(C)CCN2C)n1. The Bertz CT molecular complexity index is 454. The van der Waals surface area contributed by atoms with E-state index in [2.05, 4.69) is 46.1 Å². The van der Waals surface area contributed by atoms with Crippen molar-refractivity contribution in [1.82, 2.24) is 19.8 Å². The average molecular weight is 293 g/mol. The summed E-state index contributed by atoms with van der Waals surface area (Å²) in [6, 6.07) is 2.36. The number of hydrogen-bond donors (Lipinski definition) is 1. The molecule has 0 spiro atoms. The standard InChI is InChI=1S/C15H27N5O/c1-5-8-21-14-9-12(2)17-15(18-14)16-10-13-11-19(3)6-7-20(13)4/h9,13H,5-8,10-11H2,1-4H3,(H,16,17,18). The van der Waals surface area contributed by atoms with Crippen LogP contribution < -0.4 is 10.1 Å². The summed E-state index contributed by atoms with van der Waals surface area (Å²) < 4.78 is 5.60. The van der Waals surface area contributed by atoms with Crippen LogP contribution in [0.25, 0.3) is 0 Å². The molecule has 0 amide bonds. The Kier molecular flexibility index (Phi) is 5.76. The Morgan fingerprint density at radius 3 is 2.90 bits per heavy atom. The second kappa shape index (κ2) is 7.56. The van der Waals surface area contributed by atoms with Gasteiger partial charge in [-0.25, -0.2) is 4.98 Å². The lowest BCUT2D eigenvalue weighted by atomic mass is 10.2. The molecule has 0 aromatic carbocycles. The van der Waals surface area contributed by atoms with E-state index in [0.29, 0.717) is 24.5 Å². The number of anilines is 1. The van der Waals surface area contributed by atoms with Gasteiger partial charge in [0.2, 0.25) is 11.8 Å². The largest absolute Gasteiger partial charge is 0.478 e. The van der Waals surface area contributed by atoms with E-state index in [9.17, 15) is 0 Å². The van der Waals surface area contributed by atoms with E-state index in [-0.39, 0.29) is 0 Å². The number of aryl methyl sites for hydroxylation is 1. The summed E-state index contributed by atoms with van der Waals surface area (Å²) in [5.74, 6) is 1.31. The van der Waals surface area contributed by atoms with Crippen LogP contribution in [0.15, 0.2) is 6.07 Å². The number of aromatic nitrogens is 2. The Balaban J connectivity index is 1.94. The molecule has 0 aliphatic carbocycles. The molecule has 2 rings (SSSR count). The summed E-state index contributed by atoms with van der Waals surface area (Å²) in [4.78, 5) is 13.6. The highest BCUT2D eigenvalue weighted by Crippen LogP contribution is 2.13. The fourth-order valence-electron chi connectivity index (χ4n) is 2.43. The van der Waals surface area contributed by atoms with Crippen LogP contribution in [0.2, 0.25) is 0 Å². The van der Waals surface area contributed by atoms with E-state index >= 15 is 0 Å². The highest BCUT2D eigenvalue weighted by atomic mass is 16.5. The quantitative estimate of drug-likeness (QED) is 0.851. The Morgan fingerprint density at radius 1 is 1.33 bits per heavy atom. The van der Waals surface area contributed by atoms with Crippen LogP contribution in [0.1, 0.15) is 19.0 Å². The second-order valence-corrected chi connectivity index (χ2v) is 5.80. The third-order valence-electron chi connectivity index (χ3n) is 3.76. The summed E-state index contributed by atoms with van der Waals surface area (Å²) in [6.45, 7) is 8.87. The number of nitrogens with zero attached hydrogens (tertiary/aromatic N) is 4. The second-order valence-electron chi connectivity index (χ2n) is 5.80. The zero-order valence-electron chi connectivity index (χ0n) is 13.6. The van der Waals surface area contributed by atoms with Gasteiger partial charge in [-0.05, 0) is 27.4 Å². The molecule has 0 radical (unpaired) electrons. The normalized spacial score (nSPS) is 20.5. The van der Waals surface area contributed by atoms with Gasteiger partial charge in [0.05, 0.1) is 6.61 Å². The van der Waals surface area contributed by atoms with Crippen molar-refractivity contribution in [2.24, 2.45) is 0 Å². The van der Waals surface area contributed by atoms with Gasteiger partial charge in [0.25, 0.3) is 0 Å². The molecule has 1 saturated heterocycles. The Labute approximate surface area is 127 Å². The lowest BCUT2D eigenvalue weighted by Gasteiger charge is -2.37. The van der Waals surface area contributed by atoms with Gasteiger partial charge in [0, 0.05) is 44.0 Å². The number of piperazine rings is 1. The molecule has 1 aliphatic heterocycles. The minimum absolute atomic E-state index is 0.480. The molecule has 1 aromatic heterocycles. The van der Waals surface area contributed by atoms with Crippen molar-refractivity contribution < 1.29 is 4.74 Å². The minimum Gasteiger partial charge on any atom is -0.478 e. The first-order valence-corrected chi connectivity index (χ1v) is 7.69. The van der Waals surface area contributed by atoms with Gasteiger partial charge in [-0.3, -0.25) is 4.90 Å². The van der Waals surface area contributed by atoms with Gasteiger partial charge in [-0.1, -0.05) is 6.92 Å². The predicted molar refractivity (Wildman–Crippen MR) is 85.0 cm³/mol. The van der Waals surface area contributed by atoms with Gasteiger partial charge < -0.3 is 15.0 Å². The molecule has 1 atom stereocenters. The molecular formula is C15H27N5O. The van der Waals surface area contributed by atoms with Crippen molar-refractivity contribution in [3.63, 3.8) is 0 Å². The number of rotatable bonds is 6. The molecule has 0 saturated carbocycles. The molecule has 0 bridgehead atoms. The fraction of sp³-hybridized carbons (Fsp3) is 0.733. The van der Waals surface area contributed by atoms with Crippen molar-refractivity contribution in [2.45, 2.75) is 26.3 Å². The monoisotopic (exact) mass is 293 g/mol. The molecule has 1 aromatic rings. The van der Waals surface area contributed by atoms with Gasteiger partial charge in [0.1, 0.15) is 0 Å². The molecule has 2 heterocycles. The summed E-state index contributed by atoms with van der Waals surface area (Å²) >= 11 is 0. The summed E-state index contributed by atoms with van der Waals surface area (Å²) in [7, 11) is 4.34. The molecular weight excluding hydrogens is 266 g/mol. The zero-order chi connectivity index (χ0) is 15.2. The predicted octanol–water partition coefficient (Wildman–Crippen LogP) is 1.23.